The molecule has 0 bridgehead atoms. The summed E-state index contributed by atoms with van der Waals surface area (Å²) in [5.41, 5.74) is -0.870. The molecule has 21 heavy (non-hydrogen) atoms. The van der Waals surface area contributed by atoms with E-state index in [1.165, 1.54) is 0 Å². The van der Waals surface area contributed by atoms with E-state index < -0.39 is 11.9 Å². The van der Waals surface area contributed by atoms with E-state index in [2.05, 4.69) is 20.6 Å². The molecule has 0 amide bonds. The minimum atomic E-state index is -4.40. The van der Waals surface area contributed by atoms with Crippen LogP contribution in [0.25, 0.3) is 0 Å². The molecule has 1 aromatic rings. The van der Waals surface area contributed by atoms with Gasteiger partial charge < -0.3 is 15.4 Å². The molecule has 0 aliphatic heterocycles. The topological polar surface area (TPSA) is 58.5 Å². The van der Waals surface area contributed by atoms with E-state index in [1.54, 1.807) is 7.11 Å². The van der Waals surface area contributed by atoms with Gasteiger partial charge in [-0.1, -0.05) is 0 Å². The van der Waals surface area contributed by atoms with Crippen LogP contribution in [0.5, 0.6) is 0 Å². The molecule has 5 nitrogen and oxygen atoms in total. The van der Waals surface area contributed by atoms with Crippen molar-refractivity contribution in [2.45, 2.75) is 19.6 Å². The molecule has 1 rings (SSSR count). The van der Waals surface area contributed by atoms with E-state index in [0.29, 0.717) is 30.7 Å². The molecule has 1 aromatic heterocycles. The fourth-order valence-corrected chi connectivity index (χ4v) is 2.00. The molecule has 0 aliphatic carbocycles. The van der Waals surface area contributed by atoms with Crippen LogP contribution in [0.2, 0.25) is 0 Å². The van der Waals surface area contributed by atoms with Crippen molar-refractivity contribution in [2.75, 3.05) is 26.8 Å². The minimum Gasteiger partial charge on any atom is -0.383 e. The predicted octanol–water partition coefficient (Wildman–Crippen LogP) is 2.48. The molecule has 0 aromatic carbocycles. The summed E-state index contributed by atoms with van der Waals surface area (Å²) >= 11 is 0.946. The van der Waals surface area contributed by atoms with Crippen LogP contribution in [0.15, 0.2) is 10.4 Å². The summed E-state index contributed by atoms with van der Waals surface area (Å²) in [6.45, 7) is 3.74. The number of methoxy groups -OCH3 is 1. The molecule has 0 saturated heterocycles. The summed E-state index contributed by atoms with van der Waals surface area (Å²) in [7, 11) is 1.58. The number of hydrogen-bond donors (Lipinski definition) is 2. The third kappa shape index (κ3) is 7.81. The van der Waals surface area contributed by atoms with Crippen LogP contribution in [0.4, 0.5) is 13.2 Å². The zero-order valence-electron chi connectivity index (χ0n) is 11.7. The first-order chi connectivity index (χ1) is 9.47. The Morgan fingerprint density at radius 2 is 2.14 bits per heavy atom. The Labute approximate surface area is 142 Å². The number of aromatic nitrogens is 1. The van der Waals surface area contributed by atoms with Crippen molar-refractivity contribution < 1.29 is 17.9 Å². The molecule has 0 saturated carbocycles. The zero-order chi connectivity index (χ0) is 15.0. The predicted molar refractivity (Wildman–Crippen MR) is 87.2 cm³/mol. The van der Waals surface area contributed by atoms with Crippen molar-refractivity contribution in [3.8, 4) is 0 Å². The number of aliphatic imine (C=N–C) groups is 1. The van der Waals surface area contributed by atoms with Crippen LogP contribution in [0, 0.1) is 0 Å². The fraction of sp³-hybridized carbons (Fsp3) is 0.636. The third-order valence-corrected chi connectivity index (χ3v) is 2.99. The first kappa shape index (κ1) is 20.4. The van der Waals surface area contributed by atoms with Gasteiger partial charge in [-0.3, -0.25) is 0 Å². The second kappa shape index (κ2) is 10.2. The van der Waals surface area contributed by atoms with Crippen molar-refractivity contribution in [2.24, 2.45) is 4.99 Å². The minimum absolute atomic E-state index is 0. The summed E-state index contributed by atoms with van der Waals surface area (Å²) < 4.78 is 42.1. The first-order valence-electron chi connectivity index (χ1n) is 6.00. The molecular weight excluding hydrogens is 420 g/mol. The molecule has 10 heteroatoms. The lowest BCUT2D eigenvalue weighted by atomic mass is 10.5. The van der Waals surface area contributed by atoms with Crippen LogP contribution in [0.3, 0.4) is 0 Å². The number of hydrogen-bond acceptors (Lipinski definition) is 4. The number of halogens is 4. The number of nitrogens with one attached hydrogen (secondary N) is 2. The summed E-state index contributed by atoms with van der Waals surface area (Å²) in [5.74, 6) is 0.522. The highest BCUT2D eigenvalue weighted by Crippen LogP contribution is 2.30. The van der Waals surface area contributed by atoms with Crippen LogP contribution in [-0.2, 0) is 17.5 Å². The molecular formula is C11H18F3IN4OS. The van der Waals surface area contributed by atoms with Crippen LogP contribution >= 0.6 is 35.3 Å². The standard InChI is InChI=1S/C11H17F3N4OS.HI/c1-3-15-10(16-4-5-19-2)17-6-9-18-8(7-20-9)11(12,13)14;/h7H,3-6H2,1-2H3,(H2,15,16,17);1H. The van der Waals surface area contributed by atoms with Gasteiger partial charge in [-0.25, -0.2) is 9.98 Å². The van der Waals surface area contributed by atoms with E-state index in [9.17, 15) is 13.2 Å². The van der Waals surface area contributed by atoms with Gasteiger partial charge >= 0.3 is 6.18 Å². The maximum absolute atomic E-state index is 12.4. The lowest BCUT2D eigenvalue weighted by Gasteiger charge is -2.10. The van der Waals surface area contributed by atoms with E-state index in [1.807, 2.05) is 6.92 Å². The van der Waals surface area contributed by atoms with Gasteiger partial charge in [0.05, 0.1) is 13.2 Å². The highest BCUT2D eigenvalue weighted by Gasteiger charge is 2.33. The average Bonchev–Trinajstić information content (AvgIpc) is 2.85. The highest BCUT2D eigenvalue weighted by molar-refractivity contribution is 14.0. The van der Waals surface area contributed by atoms with Crippen LogP contribution < -0.4 is 10.6 Å². The highest BCUT2D eigenvalue weighted by atomic mass is 127. The van der Waals surface area contributed by atoms with Crippen LogP contribution in [-0.4, -0.2) is 37.7 Å². The molecule has 122 valence electrons. The van der Waals surface area contributed by atoms with E-state index in [4.69, 9.17) is 4.74 Å². The maximum atomic E-state index is 12.4. The monoisotopic (exact) mass is 438 g/mol. The van der Waals surface area contributed by atoms with Gasteiger partial charge in [0.1, 0.15) is 5.01 Å². The summed E-state index contributed by atoms with van der Waals surface area (Å²) in [6, 6.07) is 0. The second-order valence-corrected chi connectivity index (χ2v) is 4.68. The Morgan fingerprint density at radius 3 is 2.67 bits per heavy atom. The number of alkyl halides is 3. The van der Waals surface area contributed by atoms with Gasteiger partial charge in [0.15, 0.2) is 11.7 Å². The molecule has 0 fully saturated rings. The average molecular weight is 438 g/mol. The SMILES string of the molecule is CCNC(=NCc1nc(C(F)(F)F)cs1)NCCOC.I. The van der Waals surface area contributed by atoms with Crippen molar-refractivity contribution >= 4 is 41.3 Å². The molecule has 0 aliphatic rings. The Balaban J connectivity index is 0.00000400. The fourth-order valence-electron chi connectivity index (χ4n) is 1.27. The molecule has 0 spiro atoms. The molecule has 0 radical (unpaired) electrons. The van der Waals surface area contributed by atoms with Gasteiger partial charge in [-0.05, 0) is 6.92 Å². The molecule has 2 N–H and O–H groups in total. The zero-order valence-corrected chi connectivity index (χ0v) is 14.8. The van der Waals surface area contributed by atoms with Crippen molar-refractivity contribution in [3.05, 3.63) is 16.1 Å². The van der Waals surface area contributed by atoms with E-state index in [-0.39, 0.29) is 30.5 Å². The maximum Gasteiger partial charge on any atom is 0.434 e. The summed E-state index contributed by atoms with van der Waals surface area (Å²) in [5, 5.41) is 7.30. The van der Waals surface area contributed by atoms with Crippen LogP contribution in [0.1, 0.15) is 17.6 Å². The van der Waals surface area contributed by atoms with Crippen molar-refractivity contribution in [3.63, 3.8) is 0 Å². The van der Waals surface area contributed by atoms with E-state index in [0.717, 1.165) is 16.7 Å². The first-order valence-corrected chi connectivity index (χ1v) is 6.88. The Kier molecular flexibility index (Phi) is 9.86. The van der Waals surface area contributed by atoms with Gasteiger partial charge in [0, 0.05) is 25.6 Å². The lowest BCUT2D eigenvalue weighted by molar-refractivity contribution is -0.140. The second-order valence-electron chi connectivity index (χ2n) is 3.74. The molecule has 0 unspecified atom stereocenters. The van der Waals surface area contributed by atoms with E-state index >= 15 is 0 Å². The Bertz CT molecular complexity index is 439. The number of nitrogens with zero attached hydrogens (tertiary/aromatic N) is 2. The summed E-state index contributed by atoms with van der Waals surface area (Å²) in [6.07, 6.45) is -4.40. The van der Waals surface area contributed by atoms with Gasteiger partial charge in [0.25, 0.3) is 0 Å². The number of thiazole rings is 1. The largest absolute Gasteiger partial charge is 0.434 e. The Morgan fingerprint density at radius 1 is 1.43 bits per heavy atom. The molecule has 0 atom stereocenters. The Hall–Kier alpha value is -0.620. The summed E-state index contributed by atoms with van der Waals surface area (Å²) in [4.78, 5) is 7.69. The third-order valence-electron chi connectivity index (χ3n) is 2.16. The number of ether oxygens (including phenoxy) is 1. The van der Waals surface area contributed by atoms with Gasteiger partial charge in [-0.15, -0.1) is 35.3 Å². The van der Waals surface area contributed by atoms with Crippen molar-refractivity contribution in [1.29, 1.82) is 0 Å². The lowest BCUT2D eigenvalue weighted by Crippen LogP contribution is -2.38. The number of guanidine groups is 1. The van der Waals surface area contributed by atoms with Gasteiger partial charge in [-0.2, -0.15) is 13.2 Å². The quantitative estimate of drug-likeness (QED) is 0.310. The normalized spacial score (nSPS) is 12.0. The van der Waals surface area contributed by atoms with Crippen molar-refractivity contribution in [1.82, 2.24) is 15.6 Å². The smallest absolute Gasteiger partial charge is 0.383 e. The molecule has 1 heterocycles. The number of rotatable bonds is 6. The van der Waals surface area contributed by atoms with Gasteiger partial charge in [0.2, 0.25) is 0 Å².